The van der Waals surface area contributed by atoms with Gasteiger partial charge in [0.25, 0.3) is 0 Å². The van der Waals surface area contributed by atoms with Gasteiger partial charge in [0.15, 0.2) is 0 Å². The summed E-state index contributed by atoms with van der Waals surface area (Å²) >= 11 is 11.6. The van der Waals surface area contributed by atoms with Gasteiger partial charge in [-0.25, -0.2) is 4.98 Å². The van der Waals surface area contributed by atoms with Crippen molar-refractivity contribution in [1.82, 2.24) is 9.97 Å². The van der Waals surface area contributed by atoms with E-state index in [0.29, 0.717) is 22.7 Å². The number of alkyl halides is 1. The molecule has 2 aromatic rings. The number of halogens is 2. The number of benzene rings is 1. The molecule has 1 aromatic carbocycles. The smallest absolute Gasteiger partial charge is 0.322 e. The lowest BCUT2D eigenvalue weighted by atomic mass is 10.2. The highest BCUT2D eigenvalue weighted by atomic mass is 35.5. The lowest BCUT2D eigenvalue weighted by Gasteiger charge is -2.08. The SMILES string of the molecule is Cc1cc(Cl)ccc1Oc1ncc(CCl)c(C)n1. The van der Waals surface area contributed by atoms with Crippen molar-refractivity contribution in [2.45, 2.75) is 19.7 Å². The fourth-order valence-corrected chi connectivity index (χ4v) is 1.97. The Balaban J connectivity index is 2.26. The zero-order valence-corrected chi connectivity index (χ0v) is 11.6. The molecular formula is C13H12Cl2N2O. The summed E-state index contributed by atoms with van der Waals surface area (Å²) in [5, 5.41) is 0.675. The minimum atomic E-state index is 0.312. The third-order valence-corrected chi connectivity index (χ3v) is 3.06. The molecule has 0 radical (unpaired) electrons. The van der Waals surface area contributed by atoms with E-state index in [9.17, 15) is 0 Å². The predicted molar refractivity (Wildman–Crippen MR) is 72.6 cm³/mol. The summed E-state index contributed by atoms with van der Waals surface area (Å²) in [6.07, 6.45) is 1.68. The van der Waals surface area contributed by atoms with Crippen LogP contribution in [-0.2, 0) is 5.88 Å². The Bertz CT molecular complexity index is 573. The number of nitrogens with zero attached hydrogens (tertiary/aromatic N) is 2. The maximum Gasteiger partial charge on any atom is 0.322 e. The predicted octanol–water partition coefficient (Wildman–Crippen LogP) is 4.28. The molecule has 0 saturated carbocycles. The van der Waals surface area contributed by atoms with Gasteiger partial charge in [-0.15, -0.1) is 11.6 Å². The molecular weight excluding hydrogens is 271 g/mol. The van der Waals surface area contributed by atoms with E-state index in [-0.39, 0.29) is 0 Å². The Morgan fingerprint density at radius 3 is 2.67 bits per heavy atom. The van der Waals surface area contributed by atoms with Crippen molar-refractivity contribution in [2.75, 3.05) is 0 Å². The van der Waals surface area contributed by atoms with E-state index < -0.39 is 0 Å². The highest BCUT2D eigenvalue weighted by Gasteiger charge is 2.06. The van der Waals surface area contributed by atoms with Crippen LogP contribution in [0.3, 0.4) is 0 Å². The van der Waals surface area contributed by atoms with Crippen LogP contribution < -0.4 is 4.74 Å². The molecule has 94 valence electrons. The molecule has 0 bridgehead atoms. The number of rotatable bonds is 3. The third kappa shape index (κ3) is 2.92. The van der Waals surface area contributed by atoms with Gasteiger partial charge in [-0.1, -0.05) is 11.6 Å². The van der Waals surface area contributed by atoms with E-state index in [1.807, 2.05) is 19.9 Å². The summed E-state index contributed by atoms with van der Waals surface area (Å²) in [4.78, 5) is 8.37. The first-order chi connectivity index (χ1) is 8.60. The Labute approximate surface area is 116 Å². The molecule has 1 heterocycles. The largest absolute Gasteiger partial charge is 0.424 e. The number of ether oxygens (including phenoxy) is 1. The van der Waals surface area contributed by atoms with Gasteiger partial charge in [0.2, 0.25) is 0 Å². The lowest BCUT2D eigenvalue weighted by molar-refractivity contribution is 0.436. The van der Waals surface area contributed by atoms with E-state index in [1.165, 1.54) is 0 Å². The zero-order chi connectivity index (χ0) is 13.1. The molecule has 0 spiro atoms. The quantitative estimate of drug-likeness (QED) is 0.789. The van der Waals surface area contributed by atoms with Crippen molar-refractivity contribution >= 4 is 23.2 Å². The monoisotopic (exact) mass is 282 g/mol. The van der Waals surface area contributed by atoms with Gasteiger partial charge in [-0.05, 0) is 37.6 Å². The number of hydrogen-bond acceptors (Lipinski definition) is 3. The molecule has 0 saturated heterocycles. The van der Waals surface area contributed by atoms with Crippen LogP contribution in [0.2, 0.25) is 5.02 Å². The van der Waals surface area contributed by atoms with Gasteiger partial charge in [0.05, 0.1) is 5.88 Å². The Hall–Kier alpha value is -1.32. The van der Waals surface area contributed by atoms with Crippen molar-refractivity contribution in [3.05, 3.63) is 46.2 Å². The van der Waals surface area contributed by atoms with Crippen LogP contribution >= 0.6 is 23.2 Å². The highest BCUT2D eigenvalue weighted by Crippen LogP contribution is 2.25. The molecule has 0 N–H and O–H groups in total. The van der Waals surface area contributed by atoms with Crippen molar-refractivity contribution in [3.8, 4) is 11.8 Å². The summed E-state index contributed by atoms with van der Waals surface area (Å²) in [5.41, 5.74) is 2.66. The average molecular weight is 283 g/mol. The highest BCUT2D eigenvalue weighted by molar-refractivity contribution is 6.30. The Morgan fingerprint density at radius 2 is 2.06 bits per heavy atom. The van der Waals surface area contributed by atoms with Crippen molar-refractivity contribution in [1.29, 1.82) is 0 Å². The molecule has 0 unspecified atom stereocenters. The van der Waals surface area contributed by atoms with Gasteiger partial charge in [-0.3, -0.25) is 0 Å². The minimum absolute atomic E-state index is 0.312. The summed E-state index contributed by atoms with van der Waals surface area (Å²) < 4.78 is 5.62. The molecule has 0 aliphatic carbocycles. The first-order valence-electron chi connectivity index (χ1n) is 5.42. The van der Waals surface area contributed by atoms with Crippen molar-refractivity contribution in [2.24, 2.45) is 0 Å². The second-order valence-corrected chi connectivity index (χ2v) is 4.61. The van der Waals surface area contributed by atoms with Gasteiger partial charge in [0.1, 0.15) is 5.75 Å². The normalized spacial score (nSPS) is 10.4. The van der Waals surface area contributed by atoms with Gasteiger partial charge in [0, 0.05) is 22.5 Å². The molecule has 0 aliphatic rings. The number of aryl methyl sites for hydroxylation is 2. The fraction of sp³-hybridized carbons (Fsp3) is 0.231. The van der Waals surface area contributed by atoms with Gasteiger partial charge in [-0.2, -0.15) is 4.98 Å². The fourth-order valence-electron chi connectivity index (χ4n) is 1.48. The third-order valence-electron chi connectivity index (χ3n) is 2.54. The molecule has 3 nitrogen and oxygen atoms in total. The number of aromatic nitrogens is 2. The van der Waals surface area contributed by atoms with E-state index in [1.54, 1.807) is 18.3 Å². The average Bonchev–Trinajstić information content (AvgIpc) is 2.33. The van der Waals surface area contributed by atoms with E-state index in [4.69, 9.17) is 27.9 Å². The van der Waals surface area contributed by atoms with Crippen LogP contribution in [0.15, 0.2) is 24.4 Å². The Morgan fingerprint density at radius 1 is 1.28 bits per heavy atom. The standard InChI is InChI=1S/C13H12Cl2N2O/c1-8-5-11(15)3-4-12(8)18-13-16-7-10(6-14)9(2)17-13/h3-5,7H,6H2,1-2H3. The molecule has 0 atom stereocenters. The molecule has 18 heavy (non-hydrogen) atoms. The van der Waals surface area contributed by atoms with Crippen molar-refractivity contribution in [3.63, 3.8) is 0 Å². The van der Waals surface area contributed by atoms with Crippen LogP contribution in [0.5, 0.6) is 11.8 Å². The molecule has 1 aromatic heterocycles. The topological polar surface area (TPSA) is 35.0 Å². The first kappa shape index (κ1) is 13.1. The summed E-state index contributed by atoms with van der Waals surface area (Å²) in [6, 6.07) is 5.71. The van der Waals surface area contributed by atoms with Gasteiger partial charge >= 0.3 is 6.01 Å². The van der Waals surface area contributed by atoms with Crippen molar-refractivity contribution < 1.29 is 4.74 Å². The second kappa shape index (κ2) is 5.55. The summed E-state index contributed by atoms with van der Waals surface area (Å²) in [5.74, 6) is 1.09. The van der Waals surface area contributed by atoms with Crippen LogP contribution in [0.1, 0.15) is 16.8 Å². The molecule has 2 rings (SSSR count). The van der Waals surface area contributed by atoms with E-state index >= 15 is 0 Å². The minimum Gasteiger partial charge on any atom is -0.424 e. The molecule has 0 fully saturated rings. The molecule has 0 amide bonds. The summed E-state index contributed by atoms with van der Waals surface area (Å²) in [6.45, 7) is 3.79. The van der Waals surface area contributed by atoms with Crippen LogP contribution in [-0.4, -0.2) is 9.97 Å². The van der Waals surface area contributed by atoms with Gasteiger partial charge < -0.3 is 4.74 Å². The van der Waals surface area contributed by atoms with Crippen LogP contribution in [0.25, 0.3) is 0 Å². The van der Waals surface area contributed by atoms with E-state index in [0.717, 1.165) is 16.8 Å². The summed E-state index contributed by atoms with van der Waals surface area (Å²) in [7, 11) is 0. The maximum atomic E-state index is 5.88. The number of hydrogen-bond donors (Lipinski definition) is 0. The van der Waals surface area contributed by atoms with Crippen LogP contribution in [0, 0.1) is 13.8 Å². The molecule has 5 heteroatoms. The van der Waals surface area contributed by atoms with E-state index in [2.05, 4.69) is 9.97 Å². The van der Waals surface area contributed by atoms with Crippen LogP contribution in [0.4, 0.5) is 0 Å². The maximum absolute atomic E-state index is 5.88. The molecule has 0 aliphatic heterocycles. The zero-order valence-electron chi connectivity index (χ0n) is 10.1. The Kier molecular flexibility index (Phi) is 4.04. The first-order valence-corrected chi connectivity index (χ1v) is 6.34. The second-order valence-electron chi connectivity index (χ2n) is 3.91. The lowest BCUT2D eigenvalue weighted by Crippen LogP contribution is -1.98.